The first-order valence-electron chi connectivity index (χ1n) is 12.2. The summed E-state index contributed by atoms with van der Waals surface area (Å²) >= 11 is 0. The van der Waals surface area contributed by atoms with E-state index in [0.29, 0.717) is 42.1 Å². The number of aliphatic carboxylic acids is 1. The molecule has 8 aliphatic rings. The minimum Gasteiger partial charge on any atom is -0.478 e. The maximum Gasteiger partial charge on any atom is 0.331 e. The Kier molecular flexibility index (Phi) is 4.96. The van der Waals surface area contributed by atoms with Crippen molar-refractivity contribution >= 4 is 11.9 Å². The molecule has 8 aliphatic carbocycles. The van der Waals surface area contributed by atoms with Gasteiger partial charge in [0.2, 0.25) is 0 Å². The van der Waals surface area contributed by atoms with E-state index in [1.807, 2.05) is 0 Å². The van der Waals surface area contributed by atoms with Crippen molar-refractivity contribution in [2.24, 2.45) is 29.1 Å². The number of hydrogen-bond donors (Lipinski definition) is 3. The highest BCUT2D eigenvalue weighted by atomic mass is 16.6. The second-order valence-corrected chi connectivity index (χ2v) is 12.2. The van der Waals surface area contributed by atoms with Gasteiger partial charge in [-0.15, -0.1) is 0 Å². The number of aliphatic hydroxyl groups is 2. The lowest BCUT2D eigenvalue weighted by atomic mass is 9.46. The Labute approximate surface area is 189 Å². The zero-order valence-electron chi connectivity index (χ0n) is 18.9. The summed E-state index contributed by atoms with van der Waals surface area (Å²) in [7, 11) is 0. The van der Waals surface area contributed by atoms with Gasteiger partial charge < -0.3 is 20.1 Å². The van der Waals surface area contributed by atoms with E-state index in [1.165, 1.54) is 18.9 Å². The van der Waals surface area contributed by atoms with E-state index >= 15 is 0 Å². The molecule has 0 heterocycles. The summed E-state index contributed by atoms with van der Waals surface area (Å²) in [6, 6.07) is 0. The van der Waals surface area contributed by atoms with Crippen LogP contribution in [0.1, 0.15) is 77.0 Å². The van der Waals surface area contributed by atoms with E-state index in [2.05, 4.69) is 13.2 Å². The number of carbonyl (C=O) groups excluding carboxylic acids is 1. The third-order valence-electron chi connectivity index (χ3n) is 9.39. The SMILES string of the molecule is C=C(C(=O)O)C12CC3CC(CC(O)(C3)C1)C2.C=CC(=O)OC12CC3CC(CC(O)(C3)C1)C2. The van der Waals surface area contributed by atoms with Crippen molar-refractivity contribution in [3.63, 3.8) is 0 Å². The van der Waals surface area contributed by atoms with Crippen LogP contribution in [-0.4, -0.2) is 44.1 Å². The van der Waals surface area contributed by atoms with Crippen molar-refractivity contribution in [2.75, 3.05) is 0 Å². The Morgan fingerprint density at radius 1 is 0.812 bits per heavy atom. The lowest BCUT2D eigenvalue weighted by molar-refractivity contribution is -0.216. The molecule has 0 aliphatic heterocycles. The number of carboxylic acid groups (broad SMARTS) is 1. The molecule has 0 radical (unpaired) electrons. The molecule has 0 aromatic rings. The Morgan fingerprint density at radius 3 is 1.69 bits per heavy atom. The van der Waals surface area contributed by atoms with Crippen molar-refractivity contribution in [1.82, 2.24) is 0 Å². The van der Waals surface area contributed by atoms with Crippen molar-refractivity contribution in [2.45, 2.75) is 93.9 Å². The van der Waals surface area contributed by atoms with Gasteiger partial charge in [-0.25, -0.2) is 9.59 Å². The topological polar surface area (TPSA) is 104 Å². The fraction of sp³-hybridized carbons (Fsp3) is 0.769. The van der Waals surface area contributed by atoms with Gasteiger partial charge in [0.25, 0.3) is 0 Å². The van der Waals surface area contributed by atoms with Gasteiger partial charge in [0.15, 0.2) is 0 Å². The van der Waals surface area contributed by atoms with E-state index in [4.69, 9.17) is 9.84 Å². The Hall–Kier alpha value is -1.66. The second kappa shape index (κ2) is 7.17. The van der Waals surface area contributed by atoms with Gasteiger partial charge in [-0.05, 0) is 94.3 Å². The number of rotatable bonds is 4. The van der Waals surface area contributed by atoms with Crippen molar-refractivity contribution in [3.8, 4) is 0 Å². The molecule has 8 bridgehead atoms. The molecule has 32 heavy (non-hydrogen) atoms. The maximum absolute atomic E-state index is 11.4. The first-order valence-corrected chi connectivity index (χ1v) is 12.2. The van der Waals surface area contributed by atoms with E-state index in [9.17, 15) is 19.8 Å². The predicted molar refractivity (Wildman–Crippen MR) is 117 cm³/mol. The van der Waals surface area contributed by atoms with Crippen LogP contribution in [0, 0.1) is 29.1 Å². The molecule has 3 N–H and O–H groups in total. The highest BCUT2D eigenvalue weighted by molar-refractivity contribution is 5.87. The first kappa shape index (κ1) is 22.1. The Balaban J connectivity index is 0.000000135. The van der Waals surface area contributed by atoms with Gasteiger partial charge in [-0.1, -0.05) is 13.2 Å². The Morgan fingerprint density at radius 2 is 1.28 bits per heavy atom. The molecule has 0 aromatic heterocycles. The lowest BCUT2D eigenvalue weighted by Gasteiger charge is -2.60. The van der Waals surface area contributed by atoms with Gasteiger partial charge in [0, 0.05) is 23.5 Å². The largest absolute Gasteiger partial charge is 0.478 e. The van der Waals surface area contributed by atoms with Crippen LogP contribution >= 0.6 is 0 Å². The molecule has 0 spiro atoms. The normalized spacial score (nSPS) is 49.2. The summed E-state index contributed by atoms with van der Waals surface area (Å²) in [5, 5.41) is 30.0. The number of ether oxygens (including phenoxy) is 1. The summed E-state index contributed by atoms with van der Waals surface area (Å²) in [5.74, 6) is 0.897. The molecule has 4 unspecified atom stereocenters. The van der Waals surface area contributed by atoms with Gasteiger partial charge in [0.1, 0.15) is 5.60 Å². The molecular weight excluding hydrogens is 408 g/mol. The summed E-state index contributed by atoms with van der Waals surface area (Å²) < 4.78 is 5.55. The van der Waals surface area contributed by atoms with Crippen molar-refractivity contribution < 1.29 is 29.6 Å². The molecule has 0 aromatic carbocycles. The average Bonchev–Trinajstić information content (AvgIpc) is 2.63. The van der Waals surface area contributed by atoms with Gasteiger partial charge in [-0.2, -0.15) is 0 Å². The minimum absolute atomic E-state index is 0.301. The third kappa shape index (κ3) is 3.73. The zero-order valence-corrected chi connectivity index (χ0v) is 18.9. The van der Waals surface area contributed by atoms with E-state index in [0.717, 1.165) is 51.4 Å². The van der Waals surface area contributed by atoms with Crippen LogP contribution in [0.3, 0.4) is 0 Å². The number of carboxylic acids is 1. The van der Waals surface area contributed by atoms with Crippen LogP contribution < -0.4 is 0 Å². The highest BCUT2D eigenvalue weighted by Crippen LogP contribution is 2.64. The van der Waals surface area contributed by atoms with E-state index in [1.54, 1.807) is 0 Å². The maximum atomic E-state index is 11.4. The second-order valence-electron chi connectivity index (χ2n) is 12.2. The molecule has 0 amide bonds. The molecule has 8 fully saturated rings. The van der Waals surface area contributed by atoms with Crippen LogP contribution in [-0.2, 0) is 14.3 Å². The van der Waals surface area contributed by atoms with Crippen molar-refractivity contribution in [3.05, 3.63) is 24.8 Å². The molecule has 4 atom stereocenters. The van der Waals surface area contributed by atoms with Crippen LogP contribution in [0.2, 0.25) is 0 Å². The summed E-state index contributed by atoms with van der Waals surface area (Å²) in [6.45, 7) is 7.20. The van der Waals surface area contributed by atoms with Gasteiger partial charge >= 0.3 is 11.9 Å². The fourth-order valence-corrected chi connectivity index (χ4v) is 9.30. The summed E-state index contributed by atoms with van der Waals surface area (Å²) in [4.78, 5) is 22.5. The summed E-state index contributed by atoms with van der Waals surface area (Å²) in [5.41, 5.74) is -1.51. The van der Waals surface area contributed by atoms with Gasteiger partial charge in [-0.3, -0.25) is 0 Å². The van der Waals surface area contributed by atoms with Crippen LogP contribution in [0.5, 0.6) is 0 Å². The van der Waals surface area contributed by atoms with E-state index in [-0.39, 0.29) is 17.0 Å². The van der Waals surface area contributed by atoms with Crippen molar-refractivity contribution in [1.29, 1.82) is 0 Å². The molecule has 0 saturated heterocycles. The monoisotopic (exact) mass is 444 g/mol. The van der Waals surface area contributed by atoms with Gasteiger partial charge in [0.05, 0.1) is 11.2 Å². The smallest absolute Gasteiger partial charge is 0.331 e. The van der Waals surface area contributed by atoms with Crippen LogP contribution in [0.4, 0.5) is 0 Å². The zero-order chi connectivity index (χ0) is 22.9. The molecule has 8 saturated carbocycles. The molecule has 6 heteroatoms. The minimum atomic E-state index is -0.884. The fourth-order valence-electron chi connectivity index (χ4n) is 9.30. The molecule has 6 nitrogen and oxygen atoms in total. The summed E-state index contributed by atoms with van der Waals surface area (Å²) in [6.07, 6.45) is 12.1. The molecule has 8 rings (SSSR count). The predicted octanol–water partition coefficient (Wildman–Crippen LogP) is 3.76. The van der Waals surface area contributed by atoms with Crippen LogP contribution in [0.25, 0.3) is 0 Å². The lowest BCUT2D eigenvalue weighted by Crippen LogP contribution is -2.60. The highest BCUT2D eigenvalue weighted by Gasteiger charge is 2.60. The number of carbonyl (C=O) groups is 2. The average molecular weight is 445 g/mol. The first-order chi connectivity index (χ1) is 15.0. The van der Waals surface area contributed by atoms with Crippen LogP contribution in [0.15, 0.2) is 24.8 Å². The standard InChI is InChI=1S/2C13H18O3/c1-8(11(14)15)12-3-9-2-10(4-12)6-13(16,5-9)7-12;1-2-11(14)16-13-6-9-3-10(7-13)5-12(15,4-9)8-13/h9-10,16H,1-7H2,(H,14,15);2,9-10,15H,1,3-8H2. The number of hydrogen-bond acceptors (Lipinski definition) is 5. The Bertz CT molecular complexity index is 828. The molecular formula is C26H36O6. The third-order valence-corrected chi connectivity index (χ3v) is 9.39. The molecule has 176 valence electrons. The number of esters is 1. The quantitative estimate of drug-likeness (QED) is 0.451. The van der Waals surface area contributed by atoms with E-state index < -0.39 is 17.2 Å².